The Hall–Kier alpha value is -3.41. The van der Waals surface area contributed by atoms with E-state index in [0.717, 1.165) is 43.0 Å². The molecule has 0 spiro atoms. The summed E-state index contributed by atoms with van der Waals surface area (Å²) in [5.41, 5.74) is 2.29. The van der Waals surface area contributed by atoms with Gasteiger partial charge in [0.15, 0.2) is 0 Å². The van der Waals surface area contributed by atoms with Gasteiger partial charge in [0, 0.05) is 30.8 Å². The van der Waals surface area contributed by atoms with Crippen LogP contribution in [0.15, 0.2) is 60.7 Å². The molecule has 3 rings (SSSR count). The number of pyridine rings is 1. The van der Waals surface area contributed by atoms with Crippen molar-refractivity contribution in [2.24, 2.45) is 0 Å². The van der Waals surface area contributed by atoms with Gasteiger partial charge in [0.1, 0.15) is 11.4 Å². The van der Waals surface area contributed by atoms with Gasteiger partial charge in [-0.1, -0.05) is 55.3 Å². The number of carbonyl (C=O) groups is 2. The van der Waals surface area contributed by atoms with Crippen LogP contribution >= 0.6 is 0 Å². The van der Waals surface area contributed by atoms with E-state index in [1.807, 2.05) is 42.5 Å². The quantitative estimate of drug-likeness (QED) is 0.330. The van der Waals surface area contributed by atoms with Gasteiger partial charge in [-0.2, -0.15) is 0 Å². The van der Waals surface area contributed by atoms with Gasteiger partial charge >= 0.3 is 5.97 Å². The first kappa shape index (κ1) is 23.3. The molecule has 0 aliphatic heterocycles. The molecule has 0 atom stereocenters. The molecular formula is C26H30N2O4. The maximum absolute atomic E-state index is 12.7. The van der Waals surface area contributed by atoms with Gasteiger partial charge < -0.3 is 14.8 Å². The van der Waals surface area contributed by atoms with Crippen LogP contribution in [0.2, 0.25) is 0 Å². The summed E-state index contributed by atoms with van der Waals surface area (Å²) in [6.07, 6.45) is 4.75. The van der Waals surface area contributed by atoms with Crippen LogP contribution in [0.1, 0.15) is 48.2 Å². The average Bonchev–Trinajstić information content (AvgIpc) is 2.83. The average molecular weight is 435 g/mol. The molecule has 0 saturated carbocycles. The second-order valence-electron chi connectivity index (χ2n) is 7.60. The molecule has 0 aliphatic rings. The Kier molecular flexibility index (Phi) is 9.05. The highest BCUT2D eigenvalue weighted by Gasteiger charge is 2.13. The van der Waals surface area contributed by atoms with E-state index in [0.29, 0.717) is 31.0 Å². The molecule has 0 unspecified atom stereocenters. The zero-order valence-corrected chi connectivity index (χ0v) is 18.5. The molecule has 6 nitrogen and oxygen atoms in total. The van der Waals surface area contributed by atoms with Gasteiger partial charge in [-0.3, -0.25) is 9.59 Å². The molecule has 3 aromatic rings. The highest BCUT2D eigenvalue weighted by Crippen LogP contribution is 2.25. The molecule has 0 saturated heterocycles. The number of carbonyl (C=O) groups excluding carboxylic acids is 2. The Morgan fingerprint density at radius 1 is 0.938 bits per heavy atom. The molecule has 0 aliphatic carbocycles. The van der Waals surface area contributed by atoms with Crippen LogP contribution < -0.4 is 10.1 Å². The minimum absolute atomic E-state index is 0.178. The molecule has 0 radical (unpaired) electrons. The summed E-state index contributed by atoms with van der Waals surface area (Å²) >= 11 is 0. The molecule has 0 bridgehead atoms. The fraction of sp³-hybridized carbons (Fsp3) is 0.346. The largest absolute Gasteiger partial charge is 0.492 e. The van der Waals surface area contributed by atoms with Crippen LogP contribution in [0.25, 0.3) is 10.9 Å². The number of esters is 1. The zero-order chi connectivity index (χ0) is 22.6. The van der Waals surface area contributed by atoms with Gasteiger partial charge in [0.25, 0.3) is 5.91 Å². The zero-order valence-electron chi connectivity index (χ0n) is 18.5. The maximum atomic E-state index is 12.7. The van der Waals surface area contributed by atoms with Crippen molar-refractivity contribution in [3.05, 3.63) is 71.9 Å². The Balaban J connectivity index is 1.54. The number of para-hydroxylation sites is 1. The number of nitrogens with zero attached hydrogens (tertiary/aromatic N) is 1. The summed E-state index contributed by atoms with van der Waals surface area (Å²) in [6, 6.07) is 19.6. The fourth-order valence-corrected chi connectivity index (χ4v) is 3.45. The molecular weight excluding hydrogens is 404 g/mol. The standard InChI is InChI=1S/C26H30N2O4/c1-31-25(29)15-7-2-3-10-17-27-26(30)23-19-24(21-13-8-9-14-22(21)28-23)32-18-16-20-11-5-4-6-12-20/h4-6,8-9,11-14,19H,2-3,7,10,15-18H2,1H3,(H,27,30). The summed E-state index contributed by atoms with van der Waals surface area (Å²) in [6.45, 7) is 1.08. The first-order valence-corrected chi connectivity index (χ1v) is 11.1. The lowest BCUT2D eigenvalue weighted by atomic mass is 10.1. The van der Waals surface area contributed by atoms with Crippen LogP contribution in [0.5, 0.6) is 5.75 Å². The Labute approximate surface area is 189 Å². The van der Waals surface area contributed by atoms with Crippen LogP contribution in [0, 0.1) is 0 Å². The Bertz CT molecular complexity index is 1020. The van der Waals surface area contributed by atoms with Gasteiger partial charge in [0.2, 0.25) is 0 Å². The van der Waals surface area contributed by atoms with Gasteiger partial charge in [-0.25, -0.2) is 4.98 Å². The molecule has 168 valence electrons. The molecule has 1 N–H and O–H groups in total. The summed E-state index contributed by atoms with van der Waals surface area (Å²) in [4.78, 5) is 28.3. The molecule has 1 amide bonds. The van der Waals surface area contributed by atoms with Crippen LogP contribution in [-0.4, -0.2) is 37.1 Å². The van der Waals surface area contributed by atoms with Gasteiger partial charge in [0.05, 0.1) is 19.2 Å². The summed E-state index contributed by atoms with van der Waals surface area (Å²) in [7, 11) is 1.40. The normalized spacial score (nSPS) is 10.7. The summed E-state index contributed by atoms with van der Waals surface area (Å²) in [5, 5.41) is 3.83. The number of fused-ring (bicyclic) bond motifs is 1. The molecule has 0 fully saturated rings. The summed E-state index contributed by atoms with van der Waals surface area (Å²) in [5.74, 6) is 0.278. The van der Waals surface area contributed by atoms with Crippen molar-refractivity contribution in [1.29, 1.82) is 0 Å². The number of ether oxygens (including phenoxy) is 2. The van der Waals surface area contributed by atoms with Crippen LogP contribution in [0.3, 0.4) is 0 Å². The third-order valence-corrected chi connectivity index (χ3v) is 5.22. The SMILES string of the molecule is COC(=O)CCCCCCNC(=O)c1cc(OCCc2ccccc2)c2ccccc2n1. The van der Waals surface area contributed by atoms with Crippen molar-refractivity contribution >= 4 is 22.8 Å². The van der Waals surface area contributed by atoms with Gasteiger partial charge in [-0.15, -0.1) is 0 Å². The predicted octanol–water partition coefficient (Wildman–Crippen LogP) is 4.71. The number of aromatic nitrogens is 1. The van der Waals surface area contributed by atoms with Crippen LogP contribution in [-0.2, 0) is 16.0 Å². The van der Waals surface area contributed by atoms with E-state index in [1.165, 1.54) is 12.7 Å². The second kappa shape index (κ2) is 12.4. The van der Waals surface area contributed by atoms with Crippen molar-refractivity contribution in [3.63, 3.8) is 0 Å². The van der Waals surface area contributed by atoms with E-state index in [1.54, 1.807) is 6.07 Å². The number of hydrogen-bond donors (Lipinski definition) is 1. The minimum Gasteiger partial charge on any atom is -0.492 e. The molecule has 6 heteroatoms. The first-order chi connectivity index (χ1) is 15.7. The number of unbranched alkanes of at least 4 members (excludes halogenated alkanes) is 3. The number of amides is 1. The van der Waals surface area contributed by atoms with Crippen LogP contribution in [0.4, 0.5) is 0 Å². The lowest BCUT2D eigenvalue weighted by Gasteiger charge is -2.12. The van der Waals surface area contributed by atoms with E-state index < -0.39 is 0 Å². The number of benzene rings is 2. The molecule has 1 heterocycles. The van der Waals surface area contributed by atoms with Crippen molar-refractivity contribution in [1.82, 2.24) is 10.3 Å². The fourth-order valence-electron chi connectivity index (χ4n) is 3.45. The number of methoxy groups -OCH3 is 1. The van der Waals surface area contributed by atoms with Crippen molar-refractivity contribution < 1.29 is 19.1 Å². The minimum atomic E-state index is -0.210. The topological polar surface area (TPSA) is 77.5 Å². The Morgan fingerprint density at radius 2 is 1.69 bits per heavy atom. The van der Waals surface area contributed by atoms with E-state index in [2.05, 4.69) is 27.2 Å². The Morgan fingerprint density at radius 3 is 2.50 bits per heavy atom. The number of hydrogen-bond acceptors (Lipinski definition) is 5. The highest BCUT2D eigenvalue weighted by atomic mass is 16.5. The van der Waals surface area contributed by atoms with E-state index in [4.69, 9.17) is 4.74 Å². The lowest BCUT2D eigenvalue weighted by molar-refractivity contribution is -0.140. The first-order valence-electron chi connectivity index (χ1n) is 11.1. The van der Waals surface area contributed by atoms with Crippen molar-refractivity contribution in [2.75, 3.05) is 20.3 Å². The second-order valence-corrected chi connectivity index (χ2v) is 7.60. The third kappa shape index (κ3) is 7.08. The monoisotopic (exact) mass is 434 g/mol. The smallest absolute Gasteiger partial charge is 0.305 e. The predicted molar refractivity (Wildman–Crippen MR) is 125 cm³/mol. The van der Waals surface area contributed by atoms with Gasteiger partial charge in [-0.05, 0) is 30.5 Å². The van der Waals surface area contributed by atoms with E-state index >= 15 is 0 Å². The van der Waals surface area contributed by atoms with Crippen molar-refractivity contribution in [2.45, 2.75) is 38.5 Å². The summed E-state index contributed by atoms with van der Waals surface area (Å²) < 4.78 is 10.7. The van der Waals surface area contributed by atoms with Crippen molar-refractivity contribution in [3.8, 4) is 5.75 Å². The van der Waals surface area contributed by atoms with E-state index in [-0.39, 0.29) is 11.9 Å². The lowest BCUT2D eigenvalue weighted by Crippen LogP contribution is -2.25. The molecule has 32 heavy (non-hydrogen) atoms. The number of rotatable bonds is 12. The number of nitrogens with one attached hydrogen (secondary N) is 1. The highest BCUT2D eigenvalue weighted by molar-refractivity contribution is 5.97. The maximum Gasteiger partial charge on any atom is 0.305 e. The molecule has 1 aromatic heterocycles. The third-order valence-electron chi connectivity index (χ3n) is 5.22. The van der Waals surface area contributed by atoms with E-state index in [9.17, 15) is 9.59 Å². The molecule has 2 aromatic carbocycles.